The molecule has 86 valence electrons. The van der Waals surface area contributed by atoms with Crippen molar-refractivity contribution in [2.45, 2.75) is 6.54 Å². The Morgan fingerprint density at radius 3 is 2.81 bits per heavy atom. The Balaban J connectivity index is 1.97. The van der Waals surface area contributed by atoms with Gasteiger partial charge in [-0.1, -0.05) is 6.07 Å². The molecule has 1 heterocycles. The molecule has 1 aromatic rings. The van der Waals surface area contributed by atoms with Gasteiger partial charge in [0.15, 0.2) is 11.5 Å². The van der Waals surface area contributed by atoms with Crippen molar-refractivity contribution in [2.24, 2.45) is 5.73 Å². The zero-order valence-electron chi connectivity index (χ0n) is 8.86. The maximum Gasteiger partial charge on any atom is 0.231 e. The lowest BCUT2D eigenvalue weighted by Crippen LogP contribution is -2.28. The number of carbonyl (C=O) groups is 1. The Bertz CT molecular complexity index is 393. The van der Waals surface area contributed by atoms with E-state index in [9.17, 15) is 4.79 Å². The summed E-state index contributed by atoms with van der Waals surface area (Å²) in [6, 6.07) is 5.71. The Labute approximate surface area is 93.5 Å². The number of amides is 1. The molecule has 1 amide bonds. The highest BCUT2D eigenvalue weighted by molar-refractivity contribution is 5.75. The van der Waals surface area contributed by atoms with Crippen LogP contribution in [-0.2, 0) is 11.3 Å². The Hall–Kier alpha value is -1.75. The predicted octanol–water partition coefficient (Wildman–Crippen LogP) is 0.0327. The molecule has 2 rings (SSSR count). The Kier molecular flexibility index (Phi) is 3.26. The number of nitrogens with two attached hydrogens (primary N) is 1. The van der Waals surface area contributed by atoms with E-state index in [0.717, 1.165) is 17.1 Å². The van der Waals surface area contributed by atoms with Gasteiger partial charge in [0.2, 0.25) is 5.91 Å². The van der Waals surface area contributed by atoms with Gasteiger partial charge in [-0.15, -0.1) is 0 Å². The lowest BCUT2D eigenvalue weighted by molar-refractivity contribution is -0.117. The number of carbonyl (C=O) groups excluding carboxylic acids is 1. The van der Waals surface area contributed by atoms with Crippen molar-refractivity contribution in [3.8, 4) is 11.5 Å². The average molecular weight is 222 g/mol. The second-order valence-electron chi connectivity index (χ2n) is 3.55. The fourth-order valence-electron chi connectivity index (χ4n) is 1.53. The van der Waals surface area contributed by atoms with Gasteiger partial charge in [-0.3, -0.25) is 4.79 Å². The molecule has 1 aliphatic rings. The molecular weight excluding hydrogens is 208 g/mol. The first-order chi connectivity index (χ1) is 7.75. The Morgan fingerprint density at radius 2 is 2.06 bits per heavy atom. The fraction of sp³-hybridized carbons (Fsp3) is 0.364. The lowest BCUT2D eigenvalue weighted by atomic mass is 10.2. The highest BCUT2D eigenvalue weighted by Gasteiger charge is 2.11. The first-order valence-electron chi connectivity index (χ1n) is 5.13. The topological polar surface area (TPSA) is 73.6 Å². The maximum atomic E-state index is 10.5. The minimum absolute atomic E-state index is 0.175. The molecule has 5 heteroatoms. The van der Waals surface area contributed by atoms with Crippen LogP contribution in [-0.4, -0.2) is 25.7 Å². The Morgan fingerprint density at radius 1 is 1.31 bits per heavy atom. The molecule has 0 bridgehead atoms. The van der Waals surface area contributed by atoms with E-state index in [-0.39, 0.29) is 12.5 Å². The third kappa shape index (κ3) is 2.64. The van der Waals surface area contributed by atoms with Crippen molar-refractivity contribution >= 4 is 5.91 Å². The van der Waals surface area contributed by atoms with E-state index in [2.05, 4.69) is 5.32 Å². The molecule has 0 atom stereocenters. The minimum Gasteiger partial charge on any atom is -0.486 e. The average Bonchev–Trinajstić information content (AvgIpc) is 2.28. The summed E-state index contributed by atoms with van der Waals surface area (Å²) in [6.45, 7) is 1.92. The predicted molar refractivity (Wildman–Crippen MR) is 58.3 cm³/mol. The number of nitrogens with one attached hydrogen (secondary N) is 1. The molecule has 1 aromatic carbocycles. The molecule has 0 aliphatic carbocycles. The van der Waals surface area contributed by atoms with Gasteiger partial charge < -0.3 is 20.5 Å². The summed E-state index contributed by atoms with van der Waals surface area (Å²) >= 11 is 0. The highest BCUT2D eigenvalue weighted by Crippen LogP contribution is 2.30. The zero-order chi connectivity index (χ0) is 11.4. The lowest BCUT2D eigenvalue weighted by Gasteiger charge is -2.18. The van der Waals surface area contributed by atoms with Crippen LogP contribution in [0, 0.1) is 0 Å². The molecule has 1 aliphatic heterocycles. The molecule has 0 unspecified atom stereocenters. The van der Waals surface area contributed by atoms with Gasteiger partial charge in [-0.2, -0.15) is 0 Å². The molecule has 0 aromatic heterocycles. The number of benzene rings is 1. The van der Waals surface area contributed by atoms with E-state index < -0.39 is 0 Å². The van der Waals surface area contributed by atoms with E-state index in [1.165, 1.54) is 0 Å². The summed E-state index contributed by atoms with van der Waals surface area (Å²) in [5.41, 5.74) is 6.05. The van der Waals surface area contributed by atoms with Gasteiger partial charge >= 0.3 is 0 Å². The van der Waals surface area contributed by atoms with Crippen LogP contribution in [0.2, 0.25) is 0 Å². The third-order valence-electron chi connectivity index (χ3n) is 2.23. The van der Waals surface area contributed by atoms with Gasteiger partial charge in [0.25, 0.3) is 0 Å². The summed E-state index contributed by atoms with van der Waals surface area (Å²) in [5.74, 6) is 1.16. The third-order valence-corrected chi connectivity index (χ3v) is 2.23. The molecule has 16 heavy (non-hydrogen) atoms. The number of rotatable bonds is 4. The number of hydrogen-bond acceptors (Lipinski definition) is 4. The molecule has 5 nitrogen and oxygen atoms in total. The van der Waals surface area contributed by atoms with E-state index in [1.54, 1.807) is 0 Å². The van der Waals surface area contributed by atoms with Gasteiger partial charge in [-0.05, 0) is 17.7 Å². The maximum absolute atomic E-state index is 10.5. The van der Waals surface area contributed by atoms with Crippen molar-refractivity contribution in [1.29, 1.82) is 0 Å². The summed E-state index contributed by atoms with van der Waals surface area (Å²) in [4.78, 5) is 10.5. The second kappa shape index (κ2) is 4.85. The smallest absolute Gasteiger partial charge is 0.231 e. The van der Waals surface area contributed by atoms with Crippen LogP contribution in [0.5, 0.6) is 11.5 Å². The van der Waals surface area contributed by atoms with Gasteiger partial charge in [0.1, 0.15) is 13.2 Å². The molecule has 0 saturated heterocycles. The van der Waals surface area contributed by atoms with E-state index in [1.807, 2.05) is 18.2 Å². The number of primary amides is 1. The van der Waals surface area contributed by atoms with Crippen molar-refractivity contribution in [1.82, 2.24) is 5.32 Å². The monoisotopic (exact) mass is 222 g/mol. The zero-order valence-corrected chi connectivity index (χ0v) is 8.86. The molecule has 0 spiro atoms. The van der Waals surface area contributed by atoms with Crippen molar-refractivity contribution in [2.75, 3.05) is 19.8 Å². The first-order valence-corrected chi connectivity index (χ1v) is 5.13. The second-order valence-corrected chi connectivity index (χ2v) is 3.55. The largest absolute Gasteiger partial charge is 0.486 e. The van der Waals surface area contributed by atoms with Crippen molar-refractivity contribution in [3.63, 3.8) is 0 Å². The van der Waals surface area contributed by atoms with Crippen LogP contribution in [0.15, 0.2) is 18.2 Å². The first kappa shape index (κ1) is 10.8. The normalized spacial score (nSPS) is 13.5. The summed E-state index contributed by atoms with van der Waals surface area (Å²) < 4.78 is 10.8. The number of hydrogen-bond donors (Lipinski definition) is 2. The molecule has 3 N–H and O–H groups in total. The standard InChI is InChI=1S/C11H14N2O3/c12-11(14)7-13-6-8-1-2-9-10(5-8)16-4-3-15-9/h1-2,5,13H,3-4,6-7H2,(H2,12,14). The van der Waals surface area contributed by atoms with E-state index in [4.69, 9.17) is 15.2 Å². The van der Waals surface area contributed by atoms with Crippen LogP contribution in [0.25, 0.3) is 0 Å². The molecule has 0 saturated carbocycles. The molecule has 0 fully saturated rings. The highest BCUT2D eigenvalue weighted by atomic mass is 16.6. The quantitative estimate of drug-likeness (QED) is 0.754. The van der Waals surface area contributed by atoms with Crippen LogP contribution >= 0.6 is 0 Å². The van der Waals surface area contributed by atoms with Gasteiger partial charge in [-0.25, -0.2) is 0 Å². The number of ether oxygens (including phenoxy) is 2. The van der Waals surface area contributed by atoms with Gasteiger partial charge in [0, 0.05) is 6.54 Å². The summed E-state index contributed by atoms with van der Waals surface area (Å²) in [7, 11) is 0. The van der Waals surface area contributed by atoms with Gasteiger partial charge in [0.05, 0.1) is 6.54 Å². The van der Waals surface area contributed by atoms with E-state index in [0.29, 0.717) is 19.8 Å². The van der Waals surface area contributed by atoms with Crippen LogP contribution in [0.3, 0.4) is 0 Å². The fourth-order valence-corrected chi connectivity index (χ4v) is 1.53. The molecule has 0 radical (unpaired) electrons. The summed E-state index contributed by atoms with van der Waals surface area (Å²) in [5, 5.41) is 2.94. The number of fused-ring (bicyclic) bond motifs is 1. The minimum atomic E-state index is -0.363. The van der Waals surface area contributed by atoms with Crippen molar-refractivity contribution in [3.05, 3.63) is 23.8 Å². The SMILES string of the molecule is NC(=O)CNCc1ccc2c(c1)OCCO2. The van der Waals surface area contributed by atoms with Crippen molar-refractivity contribution < 1.29 is 14.3 Å². The molecular formula is C11H14N2O3. The van der Waals surface area contributed by atoms with Crippen LogP contribution in [0.4, 0.5) is 0 Å². The van der Waals surface area contributed by atoms with E-state index >= 15 is 0 Å². The summed E-state index contributed by atoms with van der Waals surface area (Å²) in [6.07, 6.45) is 0. The van der Waals surface area contributed by atoms with Crippen LogP contribution in [0.1, 0.15) is 5.56 Å². The van der Waals surface area contributed by atoms with Crippen LogP contribution < -0.4 is 20.5 Å².